The van der Waals surface area contributed by atoms with E-state index < -0.39 is 4.92 Å². The first kappa shape index (κ1) is 10.7. The summed E-state index contributed by atoms with van der Waals surface area (Å²) in [5.41, 5.74) is -0.0216. The largest absolute Gasteiger partial charge is 0.395 e. The number of nitrogens with zero attached hydrogens (tertiary/aromatic N) is 2. The Kier molecular flexibility index (Phi) is 3.61. The number of hydrogen-bond donors (Lipinski definition) is 2. The highest BCUT2D eigenvalue weighted by molar-refractivity contribution is 6.33. The van der Waals surface area contributed by atoms with Gasteiger partial charge in [0, 0.05) is 12.7 Å². The number of aromatic nitrogens is 1. The summed E-state index contributed by atoms with van der Waals surface area (Å²) < 4.78 is 0. The van der Waals surface area contributed by atoms with E-state index in [-0.39, 0.29) is 29.5 Å². The van der Waals surface area contributed by atoms with E-state index in [4.69, 9.17) is 16.7 Å². The van der Waals surface area contributed by atoms with Crippen molar-refractivity contribution in [2.75, 3.05) is 18.5 Å². The molecule has 1 aromatic heterocycles. The number of anilines is 1. The van der Waals surface area contributed by atoms with Gasteiger partial charge in [-0.15, -0.1) is 0 Å². The predicted molar refractivity (Wildman–Crippen MR) is 51.5 cm³/mol. The number of aliphatic hydroxyl groups excluding tert-OH is 1. The molecule has 0 aliphatic rings. The first-order valence-electron chi connectivity index (χ1n) is 3.79. The highest BCUT2D eigenvalue weighted by Gasteiger charge is 2.16. The average Bonchev–Trinajstić information content (AvgIpc) is 2.15. The molecular formula is C7H8ClN3O3. The molecule has 0 spiro atoms. The van der Waals surface area contributed by atoms with Crippen LogP contribution in [0.4, 0.5) is 11.4 Å². The van der Waals surface area contributed by atoms with Crippen LogP contribution in [0.3, 0.4) is 0 Å². The third kappa shape index (κ3) is 2.30. The lowest BCUT2D eigenvalue weighted by Gasteiger charge is -2.05. The van der Waals surface area contributed by atoms with E-state index in [0.29, 0.717) is 0 Å². The summed E-state index contributed by atoms with van der Waals surface area (Å²) in [4.78, 5) is 13.6. The fourth-order valence-electron chi connectivity index (χ4n) is 0.919. The molecule has 0 atom stereocenters. The molecule has 2 N–H and O–H groups in total. The van der Waals surface area contributed by atoms with E-state index in [1.54, 1.807) is 0 Å². The van der Waals surface area contributed by atoms with Gasteiger partial charge in [0.2, 0.25) is 0 Å². The molecule has 0 aliphatic carbocycles. The highest BCUT2D eigenvalue weighted by Crippen LogP contribution is 2.30. The summed E-state index contributed by atoms with van der Waals surface area (Å²) in [6.07, 6.45) is 2.40. The van der Waals surface area contributed by atoms with Crippen LogP contribution in [0.25, 0.3) is 0 Å². The topological polar surface area (TPSA) is 88.3 Å². The number of aliphatic hydroxyl groups is 1. The molecule has 0 unspecified atom stereocenters. The maximum Gasteiger partial charge on any atom is 0.311 e. The van der Waals surface area contributed by atoms with Gasteiger partial charge in [-0.05, 0) is 0 Å². The van der Waals surface area contributed by atoms with Gasteiger partial charge >= 0.3 is 5.69 Å². The Bertz CT molecular complexity index is 345. The second-order valence-electron chi connectivity index (χ2n) is 2.42. The second kappa shape index (κ2) is 4.73. The minimum atomic E-state index is -0.585. The molecule has 76 valence electrons. The number of hydrogen-bond acceptors (Lipinski definition) is 5. The number of halogens is 1. The van der Waals surface area contributed by atoms with Crippen molar-refractivity contribution >= 4 is 23.0 Å². The van der Waals surface area contributed by atoms with Gasteiger partial charge in [-0.3, -0.25) is 15.1 Å². The quantitative estimate of drug-likeness (QED) is 0.581. The summed E-state index contributed by atoms with van der Waals surface area (Å²) in [6, 6.07) is 0. The Balaban J connectivity index is 3.02. The van der Waals surface area contributed by atoms with Gasteiger partial charge < -0.3 is 10.4 Å². The third-order valence-corrected chi connectivity index (χ3v) is 1.78. The van der Waals surface area contributed by atoms with Gasteiger partial charge in [-0.1, -0.05) is 11.6 Å². The highest BCUT2D eigenvalue weighted by atomic mass is 35.5. The number of nitrogens with one attached hydrogen (secondary N) is 1. The van der Waals surface area contributed by atoms with Gasteiger partial charge in [-0.2, -0.15) is 0 Å². The van der Waals surface area contributed by atoms with Crippen molar-refractivity contribution in [3.63, 3.8) is 0 Å². The molecule has 1 aromatic rings. The van der Waals surface area contributed by atoms with Crippen molar-refractivity contribution in [3.8, 4) is 0 Å². The van der Waals surface area contributed by atoms with Crippen molar-refractivity contribution in [2.24, 2.45) is 0 Å². The van der Waals surface area contributed by atoms with Gasteiger partial charge in [0.25, 0.3) is 0 Å². The summed E-state index contributed by atoms with van der Waals surface area (Å²) in [6.45, 7) is 0.0698. The number of rotatable bonds is 4. The minimum absolute atomic E-state index is 0.129. The van der Waals surface area contributed by atoms with Crippen molar-refractivity contribution in [2.45, 2.75) is 0 Å². The second-order valence-corrected chi connectivity index (χ2v) is 2.83. The zero-order chi connectivity index (χ0) is 10.6. The van der Waals surface area contributed by atoms with Crippen LogP contribution in [-0.2, 0) is 0 Å². The van der Waals surface area contributed by atoms with Crippen LogP contribution in [0.5, 0.6) is 0 Å². The molecule has 0 saturated carbocycles. The summed E-state index contributed by atoms with van der Waals surface area (Å²) >= 11 is 5.70. The van der Waals surface area contributed by atoms with Crippen LogP contribution < -0.4 is 5.32 Å². The monoisotopic (exact) mass is 217 g/mol. The van der Waals surface area contributed by atoms with E-state index in [1.807, 2.05) is 0 Å². The standard InChI is InChI=1S/C7H8ClN3O3/c8-5-3-9-4-6(11(13)14)7(5)10-1-2-12/h3-4,12H,1-2H2,(H,9,10). The van der Waals surface area contributed by atoms with Crippen LogP contribution in [0.15, 0.2) is 12.4 Å². The Labute approximate surface area is 84.7 Å². The molecule has 0 fully saturated rings. The fourth-order valence-corrected chi connectivity index (χ4v) is 1.14. The lowest BCUT2D eigenvalue weighted by atomic mass is 10.3. The third-order valence-electron chi connectivity index (χ3n) is 1.49. The zero-order valence-electron chi connectivity index (χ0n) is 7.11. The molecular weight excluding hydrogens is 210 g/mol. The lowest BCUT2D eigenvalue weighted by molar-refractivity contribution is -0.384. The SMILES string of the molecule is O=[N+]([O-])c1cncc(Cl)c1NCCO. The summed E-state index contributed by atoms with van der Waals surface area (Å²) in [5.74, 6) is 0. The maximum absolute atomic E-state index is 10.5. The predicted octanol–water partition coefficient (Wildman–Crippen LogP) is 1.05. The van der Waals surface area contributed by atoms with Crippen LogP contribution in [-0.4, -0.2) is 28.2 Å². The number of pyridine rings is 1. The lowest BCUT2D eigenvalue weighted by Crippen LogP contribution is -2.08. The molecule has 1 heterocycles. The van der Waals surface area contributed by atoms with Crippen LogP contribution in [0, 0.1) is 10.1 Å². The maximum atomic E-state index is 10.5. The van der Waals surface area contributed by atoms with Gasteiger partial charge in [-0.25, -0.2) is 0 Å². The Morgan fingerprint density at radius 3 is 2.93 bits per heavy atom. The van der Waals surface area contributed by atoms with Crippen LogP contribution >= 0.6 is 11.6 Å². The van der Waals surface area contributed by atoms with E-state index >= 15 is 0 Å². The Morgan fingerprint density at radius 1 is 1.64 bits per heavy atom. The van der Waals surface area contributed by atoms with E-state index in [1.165, 1.54) is 6.20 Å². The first-order valence-corrected chi connectivity index (χ1v) is 4.17. The van der Waals surface area contributed by atoms with E-state index in [0.717, 1.165) is 6.20 Å². The molecule has 6 nitrogen and oxygen atoms in total. The minimum Gasteiger partial charge on any atom is -0.395 e. The zero-order valence-corrected chi connectivity index (χ0v) is 7.86. The van der Waals surface area contributed by atoms with Crippen molar-refractivity contribution in [1.29, 1.82) is 0 Å². The van der Waals surface area contributed by atoms with Gasteiger partial charge in [0.05, 0.1) is 16.6 Å². The van der Waals surface area contributed by atoms with Crippen molar-refractivity contribution in [1.82, 2.24) is 4.98 Å². The molecule has 0 bridgehead atoms. The van der Waals surface area contributed by atoms with Crippen molar-refractivity contribution < 1.29 is 10.0 Å². The summed E-state index contributed by atoms with van der Waals surface area (Å²) in [5, 5.41) is 21.9. The smallest absolute Gasteiger partial charge is 0.311 e. The van der Waals surface area contributed by atoms with E-state index in [2.05, 4.69) is 10.3 Å². The van der Waals surface area contributed by atoms with Gasteiger partial charge in [0.15, 0.2) is 0 Å². The van der Waals surface area contributed by atoms with E-state index in [9.17, 15) is 10.1 Å². The Hall–Kier alpha value is -1.40. The summed E-state index contributed by atoms with van der Waals surface area (Å²) in [7, 11) is 0. The number of nitro groups is 1. The van der Waals surface area contributed by atoms with Crippen molar-refractivity contribution in [3.05, 3.63) is 27.5 Å². The molecule has 0 aliphatic heterocycles. The van der Waals surface area contributed by atoms with Crippen LogP contribution in [0.1, 0.15) is 0 Å². The molecule has 7 heteroatoms. The normalized spacial score (nSPS) is 9.86. The fraction of sp³-hybridized carbons (Fsp3) is 0.286. The first-order chi connectivity index (χ1) is 6.66. The molecule has 14 heavy (non-hydrogen) atoms. The molecule has 0 saturated heterocycles. The molecule has 0 aromatic carbocycles. The molecule has 1 rings (SSSR count). The average molecular weight is 218 g/mol. The molecule has 0 radical (unpaired) electrons. The molecule has 0 amide bonds. The van der Waals surface area contributed by atoms with Crippen LogP contribution in [0.2, 0.25) is 5.02 Å². The Morgan fingerprint density at radius 2 is 2.36 bits per heavy atom. The van der Waals surface area contributed by atoms with Gasteiger partial charge in [0.1, 0.15) is 11.9 Å².